The number of para-hydroxylation sites is 1. The van der Waals surface area contributed by atoms with Crippen LogP contribution in [0.25, 0.3) is 5.69 Å². The van der Waals surface area contributed by atoms with Gasteiger partial charge in [-0.25, -0.2) is 8.78 Å². The number of benzene rings is 2. The molecule has 1 fully saturated rings. The van der Waals surface area contributed by atoms with Crippen LogP contribution in [-0.2, 0) is 5.75 Å². The van der Waals surface area contributed by atoms with Gasteiger partial charge >= 0.3 is 0 Å². The Morgan fingerprint density at radius 1 is 1.04 bits per heavy atom. The van der Waals surface area contributed by atoms with E-state index in [1.165, 1.54) is 23.9 Å². The standard InChI is InChI=1S/C18H15F2N3S/c19-14-9-8-13(16(20)10-14)11-24-18-22-21-17(12-6-7-12)23(18)15-4-2-1-3-5-15/h1-5,8-10,12H,6-7,11H2. The molecular formula is C18H15F2N3S. The van der Waals surface area contributed by atoms with Gasteiger partial charge in [-0.2, -0.15) is 0 Å². The molecule has 122 valence electrons. The van der Waals surface area contributed by atoms with Crippen LogP contribution in [0, 0.1) is 11.6 Å². The molecule has 3 aromatic rings. The maximum atomic E-state index is 13.8. The summed E-state index contributed by atoms with van der Waals surface area (Å²) in [4.78, 5) is 0. The van der Waals surface area contributed by atoms with E-state index in [1.54, 1.807) is 0 Å². The molecule has 1 aliphatic rings. The largest absolute Gasteiger partial charge is 0.274 e. The van der Waals surface area contributed by atoms with Crippen LogP contribution in [0.15, 0.2) is 53.7 Å². The third kappa shape index (κ3) is 3.06. The van der Waals surface area contributed by atoms with E-state index in [9.17, 15) is 8.78 Å². The SMILES string of the molecule is Fc1ccc(CSc2nnc(C3CC3)n2-c2ccccc2)c(F)c1. The molecule has 4 rings (SSSR count). The normalized spacial score (nSPS) is 14.1. The first-order valence-corrected chi connectivity index (χ1v) is 8.78. The average molecular weight is 343 g/mol. The zero-order valence-electron chi connectivity index (χ0n) is 12.8. The molecule has 3 nitrogen and oxygen atoms in total. The predicted molar refractivity (Wildman–Crippen MR) is 89.3 cm³/mol. The Kier molecular flexibility index (Phi) is 4.06. The predicted octanol–water partition coefficient (Wildman–Crippen LogP) is 4.72. The Labute approximate surface area is 142 Å². The Morgan fingerprint density at radius 3 is 2.54 bits per heavy atom. The van der Waals surface area contributed by atoms with Crippen LogP contribution in [0.1, 0.15) is 30.1 Å². The fourth-order valence-electron chi connectivity index (χ4n) is 2.58. The van der Waals surface area contributed by atoms with Crippen LogP contribution in [-0.4, -0.2) is 14.8 Å². The highest BCUT2D eigenvalue weighted by atomic mass is 32.2. The third-order valence-electron chi connectivity index (χ3n) is 3.99. The molecule has 24 heavy (non-hydrogen) atoms. The molecule has 0 atom stereocenters. The van der Waals surface area contributed by atoms with Gasteiger partial charge in [0.15, 0.2) is 5.16 Å². The van der Waals surface area contributed by atoms with Gasteiger partial charge in [-0.3, -0.25) is 4.57 Å². The van der Waals surface area contributed by atoms with Crippen LogP contribution in [0.3, 0.4) is 0 Å². The van der Waals surface area contributed by atoms with Gasteiger partial charge in [0, 0.05) is 23.4 Å². The van der Waals surface area contributed by atoms with E-state index in [0.717, 1.165) is 35.6 Å². The second-order valence-electron chi connectivity index (χ2n) is 5.81. The Morgan fingerprint density at radius 2 is 1.83 bits per heavy atom. The summed E-state index contributed by atoms with van der Waals surface area (Å²) in [7, 11) is 0. The van der Waals surface area contributed by atoms with Crippen molar-refractivity contribution >= 4 is 11.8 Å². The summed E-state index contributed by atoms with van der Waals surface area (Å²) in [5, 5.41) is 9.37. The smallest absolute Gasteiger partial charge is 0.196 e. The molecule has 1 aromatic heterocycles. The Hall–Kier alpha value is -2.21. The van der Waals surface area contributed by atoms with Crippen LogP contribution in [0.4, 0.5) is 8.78 Å². The summed E-state index contributed by atoms with van der Waals surface area (Å²) < 4.78 is 28.9. The third-order valence-corrected chi connectivity index (χ3v) is 4.96. The molecule has 0 N–H and O–H groups in total. The summed E-state index contributed by atoms with van der Waals surface area (Å²) in [6.07, 6.45) is 2.25. The summed E-state index contributed by atoms with van der Waals surface area (Å²) in [6.45, 7) is 0. The lowest BCUT2D eigenvalue weighted by Gasteiger charge is -2.10. The summed E-state index contributed by atoms with van der Waals surface area (Å²) in [5.41, 5.74) is 1.46. The van der Waals surface area contributed by atoms with Gasteiger partial charge in [0.25, 0.3) is 0 Å². The number of hydrogen-bond acceptors (Lipinski definition) is 3. The highest BCUT2D eigenvalue weighted by Gasteiger charge is 2.31. The molecule has 0 radical (unpaired) electrons. The van der Waals surface area contributed by atoms with Crippen molar-refractivity contribution in [2.45, 2.75) is 29.7 Å². The van der Waals surface area contributed by atoms with Crippen LogP contribution < -0.4 is 0 Å². The average Bonchev–Trinajstić information content (AvgIpc) is 3.35. The molecule has 0 bridgehead atoms. The molecule has 1 aliphatic carbocycles. The number of hydrogen-bond donors (Lipinski definition) is 0. The van der Waals surface area contributed by atoms with Crippen LogP contribution in [0.2, 0.25) is 0 Å². The van der Waals surface area contributed by atoms with Gasteiger partial charge in [0.2, 0.25) is 0 Å². The van der Waals surface area contributed by atoms with E-state index in [0.29, 0.717) is 17.2 Å². The van der Waals surface area contributed by atoms with Crippen molar-refractivity contribution in [1.29, 1.82) is 0 Å². The number of thioether (sulfide) groups is 1. The lowest BCUT2D eigenvalue weighted by Crippen LogP contribution is -2.01. The van der Waals surface area contributed by atoms with Gasteiger partial charge in [-0.05, 0) is 36.6 Å². The second-order valence-corrected chi connectivity index (χ2v) is 6.75. The Bertz CT molecular complexity index is 860. The van der Waals surface area contributed by atoms with Gasteiger partial charge in [-0.15, -0.1) is 10.2 Å². The van der Waals surface area contributed by atoms with Gasteiger partial charge in [0.1, 0.15) is 17.5 Å². The fourth-order valence-corrected chi connectivity index (χ4v) is 3.53. The molecule has 2 aromatic carbocycles. The van der Waals surface area contributed by atoms with E-state index in [1.807, 2.05) is 34.9 Å². The molecular weight excluding hydrogens is 328 g/mol. The first-order chi connectivity index (χ1) is 11.7. The Balaban J connectivity index is 1.63. The van der Waals surface area contributed by atoms with E-state index in [2.05, 4.69) is 10.2 Å². The van der Waals surface area contributed by atoms with E-state index in [4.69, 9.17) is 0 Å². The molecule has 0 aliphatic heterocycles. The topological polar surface area (TPSA) is 30.7 Å². The van der Waals surface area contributed by atoms with Crippen molar-refractivity contribution in [3.05, 3.63) is 71.6 Å². The van der Waals surface area contributed by atoms with Gasteiger partial charge in [-0.1, -0.05) is 36.0 Å². The molecule has 0 saturated heterocycles. The van der Waals surface area contributed by atoms with Crippen LogP contribution in [0.5, 0.6) is 0 Å². The molecule has 1 heterocycles. The van der Waals surface area contributed by atoms with Crippen molar-refractivity contribution in [1.82, 2.24) is 14.8 Å². The molecule has 6 heteroatoms. The quantitative estimate of drug-likeness (QED) is 0.628. The highest BCUT2D eigenvalue weighted by molar-refractivity contribution is 7.98. The molecule has 0 spiro atoms. The van der Waals surface area contributed by atoms with E-state index in [-0.39, 0.29) is 0 Å². The summed E-state index contributed by atoms with van der Waals surface area (Å²) in [5.74, 6) is 0.695. The zero-order chi connectivity index (χ0) is 16.5. The number of rotatable bonds is 5. The minimum atomic E-state index is -0.565. The monoisotopic (exact) mass is 343 g/mol. The molecule has 0 unspecified atom stereocenters. The lowest BCUT2D eigenvalue weighted by molar-refractivity contribution is 0.576. The lowest BCUT2D eigenvalue weighted by atomic mass is 10.2. The number of aromatic nitrogens is 3. The van der Waals surface area contributed by atoms with Crippen molar-refractivity contribution in [3.8, 4) is 5.69 Å². The minimum Gasteiger partial charge on any atom is -0.274 e. The van der Waals surface area contributed by atoms with Crippen molar-refractivity contribution < 1.29 is 8.78 Å². The highest BCUT2D eigenvalue weighted by Crippen LogP contribution is 2.41. The minimum absolute atomic E-state index is 0.377. The maximum Gasteiger partial charge on any atom is 0.196 e. The first-order valence-electron chi connectivity index (χ1n) is 7.80. The van der Waals surface area contributed by atoms with Crippen LogP contribution >= 0.6 is 11.8 Å². The molecule has 0 amide bonds. The summed E-state index contributed by atoms with van der Waals surface area (Å²) in [6, 6.07) is 13.6. The van der Waals surface area contributed by atoms with Crippen molar-refractivity contribution in [2.24, 2.45) is 0 Å². The van der Waals surface area contributed by atoms with Crippen molar-refractivity contribution in [2.75, 3.05) is 0 Å². The maximum absolute atomic E-state index is 13.8. The van der Waals surface area contributed by atoms with Crippen molar-refractivity contribution in [3.63, 3.8) is 0 Å². The first kappa shape index (κ1) is 15.3. The molecule has 1 saturated carbocycles. The fraction of sp³-hybridized carbons (Fsp3) is 0.222. The van der Waals surface area contributed by atoms with E-state index < -0.39 is 11.6 Å². The van der Waals surface area contributed by atoms with Gasteiger partial charge in [0.05, 0.1) is 0 Å². The second kappa shape index (κ2) is 6.36. The number of halogens is 2. The summed E-state index contributed by atoms with van der Waals surface area (Å²) >= 11 is 1.41. The van der Waals surface area contributed by atoms with Gasteiger partial charge < -0.3 is 0 Å². The zero-order valence-corrected chi connectivity index (χ0v) is 13.6. The van der Waals surface area contributed by atoms with E-state index >= 15 is 0 Å². The number of nitrogens with zero attached hydrogens (tertiary/aromatic N) is 3.